The van der Waals surface area contributed by atoms with E-state index in [0.717, 1.165) is 25.1 Å². The van der Waals surface area contributed by atoms with E-state index in [4.69, 9.17) is 0 Å². The summed E-state index contributed by atoms with van der Waals surface area (Å²) in [5, 5.41) is 0. The van der Waals surface area contributed by atoms with Crippen molar-refractivity contribution in [3.8, 4) is 0 Å². The van der Waals surface area contributed by atoms with E-state index < -0.39 is 0 Å². The zero-order valence-electron chi connectivity index (χ0n) is 13.5. The van der Waals surface area contributed by atoms with Crippen LogP contribution in [-0.2, 0) is 14.4 Å². The van der Waals surface area contributed by atoms with Crippen molar-refractivity contribution >= 4 is 17.7 Å². The highest BCUT2D eigenvalue weighted by Gasteiger charge is 2.29. The number of imide groups is 1. The van der Waals surface area contributed by atoms with Crippen molar-refractivity contribution in [2.45, 2.75) is 33.1 Å². The van der Waals surface area contributed by atoms with Crippen LogP contribution in [0.1, 0.15) is 33.1 Å². The molecular weight excluding hydrogens is 282 g/mol. The first-order valence-electron chi connectivity index (χ1n) is 8.04. The minimum atomic E-state index is -0.0564. The fourth-order valence-corrected chi connectivity index (χ4v) is 2.93. The van der Waals surface area contributed by atoms with Gasteiger partial charge in [-0.25, -0.2) is 0 Å². The number of likely N-dealkylation sites (tertiary alicyclic amines) is 1. The van der Waals surface area contributed by atoms with Gasteiger partial charge in [0.25, 0.3) is 0 Å². The minimum Gasteiger partial charge on any atom is -0.336 e. The second-order valence-electron chi connectivity index (χ2n) is 5.87. The summed E-state index contributed by atoms with van der Waals surface area (Å²) >= 11 is 0. The van der Waals surface area contributed by atoms with E-state index in [-0.39, 0.29) is 17.7 Å². The molecule has 6 nitrogen and oxygen atoms in total. The van der Waals surface area contributed by atoms with Crippen LogP contribution in [0.25, 0.3) is 0 Å². The maximum Gasteiger partial charge on any atom is 0.249 e. The number of nitrogens with zero attached hydrogens (tertiary/aromatic N) is 3. The number of amides is 3. The molecule has 0 atom stereocenters. The normalized spacial score (nSPS) is 20.9. The molecule has 3 amide bonds. The Morgan fingerprint density at radius 3 is 2.18 bits per heavy atom. The summed E-state index contributed by atoms with van der Waals surface area (Å²) in [6.45, 7) is 8.05. The van der Waals surface area contributed by atoms with E-state index in [2.05, 4.69) is 4.90 Å². The molecule has 0 aromatic rings. The molecule has 0 spiro atoms. The van der Waals surface area contributed by atoms with Crippen molar-refractivity contribution in [3.05, 3.63) is 11.6 Å². The van der Waals surface area contributed by atoms with Gasteiger partial charge in [-0.05, 0) is 13.3 Å². The molecule has 2 rings (SSSR count). The van der Waals surface area contributed by atoms with Crippen molar-refractivity contribution in [3.63, 3.8) is 0 Å². The predicted molar refractivity (Wildman–Crippen MR) is 83.0 cm³/mol. The largest absolute Gasteiger partial charge is 0.336 e. The molecule has 6 heteroatoms. The molecule has 0 radical (unpaired) electrons. The average Bonchev–Trinajstić information content (AvgIpc) is 2.84. The lowest BCUT2D eigenvalue weighted by Gasteiger charge is -2.35. The summed E-state index contributed by atoms with van der Waals surface area (Å²) in [6, 6.07) is 0. The molecule has 22 heavy (non-hydrogen) atoms. The molecule has 0 aliphatic carbocycles. The smallest absolute Gasteiger partial charge is 0.249 e. The first-order chi connectivity index (χ1) is 10.5. The second-order valence-corrected chi connectivity index (χ2v) is 5.87. The topological polar surface area (TPSA) is 60.9 Å². The Bertz CT molecular complexity index is 463. The fraction of sp³-hybridized carbons (Fsp3) is 0.688. The fourth-order valence-electron chi connectivity index (χ4n) is 2.93. The van der Waals surface area contributed by atoms with Crippen LogP contribution < -0.4 is 0 Å². The highest BCUT2D eigenvalue weighted by Crippen LogP contribution is 2.12. The van der Waals surface area contributed by atoms with Crippen LogP contribution in [0, 0.1) is 0 Å². The maximum absolute atomic E-state index is 12.2. The molecule has 0 unspecified atom stereocenters. The monoisotopic (exact) mass is 307 g/mol. The first-order valence-corrected chi connectivity index (χ1v) is 8.04. The van der Waals surface area contributed by atoms with E-state index in [0.29, 0.717) is 39.0 Å². The van der Waals surface area contributed by atoms with Crippen LogP contribution in [0.2, 0.25) is 0 Å². The molecule has 0 saturated carbocycles. The number of carbonyl (C=O) groups excluding carboxylic acids is 3. The Labute approximate surface area is 131 Å². The number of allylic oxidation sites excluding steroid dienone is 1. The Kier molecular flexibility index (Phi) is 5.71. The summed E-state index contributed by atoms with van der Waals surface area (Å²) in [4.78, 5) is 40.8. The summed E-state index contributed by atoms with van der Waals surface area (Å²) in [6.07, 6.45) is 3.53. The van der Waals surface area contributed by atoms with Gasteiger partial charge in [0, 0.05) is 57.7 Å². The molecule has 122 valence electrons. The minimum absolute atomic E-state index is 0.0564. The second kappa shape index (κ2) is 7.54. The van der Waals surface area contributed by atoms with Crippen molar-refractivity contribution in [2.24, 2.45) is 0 Å². The number of piperazine rings is 1. The lowest BCUT2D eigenvalue weighted by molar-refractivity contribution is -0.138. The SMILES string of the molecule is CC/C=C(\C)C(=O)N1CCN(CCN2C(=O)CCC2=O)CC1. The summed E-state index contributed by atoms with van der Waals surface area (Å²) in [5.74, 6) is 0.00433. The van der Waals surface area contributed by atoms with Crippen molar-refractivity contribution in [1.29, 1.82) is 0 Å². The van der Waals surface area contributed by atoms with E-state index in [1.54, 1.807) is 0 Å². The van der Waals surface area contributed by atoms with Crippen LogP contribution in [0.5, 0.6) is 0 Å². The summed E-state index contributed by atoms with van der Waals surface area (Å²) in [7, 11) is 0. The van der Waals surface area contributed by atoms with Crippen LogP contribution in [0.3, 0.4) is 0 Å². The van der Waals surface area contributed by atoms with Gasteiger partial charge in [0.1, 0.15) is 0 Å². The van der Waals surface area contributed by atoms with E-state index in [1.807, 2.05) is 24.8 Å². The first kappa shape index (κ1) is 16.7. The highest BCUT2D eigenvalue weighted by atomic mass is 16.2. The van der Waals surface area contributed by atoms with Gasteiger partial charge in [-0.1, -0.05) is 13.0 Å². The molecule has 2 fully saturated rings. The molecule has 2 aliphatic rings. The van der Waals surface area contributed by atoms with Crippen LogP contribution in [-0.4, -0.2) is 71.7 Å². The van der Waals surface area contributed by atoms with Gasteiger partial charge < -0.3 is 4.90 Å². The zero-order valence-corrected chi connectivity index (χ0v) is 13.5. The molecule has 2 heterocycles. The zero-order chi connectivity index (χ0) is 16.1. The highest BCUT2D eigenvalue weighted by molar-refractivity contribution is 6.01. The molecular formula is C16H25N3O3. The van der Waals surface area contributed by atoms with Gasteiger partial charge in [-0.2, -0.15) is 0 Å². The molecule has 2 aliphatic heterocycles. The third-order valence-corrected chi connectivity index (χ3v) is 4.30. The standard InChI is InChI=1S/C16H25N3O3/c1-3-4-13(2)16(22)18-10-7-17(8-11-18)9-12-19-14(20)5-6-15(19)21/h4H,3,5-12H2,1-2H3/b13-4+. The number of carbonyl (C=O) groups is 3. The van der Waals surface area contributed by atoms with Crippen molar-refractivity contribution in [1.82, 2.24) is 14.7 Å². The number of hydrogen-bond donors (Lipinski definition) is 0. The Balaban J connectivity index is 1.75. The third-order valence-electron chi connectivity index (χ3n) is 4.30. The Morgan fingerprint density at radius 1 is 1.05 bits per heavy atom. The van der Waals surface area contributed by atoms with Crippen LogP contribution >= 0.6 is 0 Å². The molecule has 0 aromatic heterocycles. The molecule has 2 saturated heterocycles. The van der Waals surface area contributed by atoms with Gasteiger partial charge in [0.2, 0.25) is 17.7 Å². The van der Waals surface area contributed by atoms with Crippen molar-refractivity contribution in [2.75, 3.05) is 39.3 Å². The van der Waals surface area contributed by atoms with Gasteiger partial charge in [0.15, 0.2) is 0 Å². The number of hydrogen-bond acceptors (Lipinski definition) is 4. The van der Waals surface area contributed by atoms with E-state index in [1.165, 1.54) is 4.90 Å². The third kappa shape index (κ3) is 3.94. The van der Waals surface area contributed by atoms with Gasteiger partial charge >= 0.3 is 0 Å². The summed E-state index contributed by atoms with van der Waals surface area (Å²) in [5.41, 5.74) is 0.809. The molecule has 0 aromatic carbocycles. The number of rotatable bonds is 5. The molecule has 0 N–H and O–H groups in total. The predicted octanol–water partition coefficient (Wildman–Crippen LogP) is 0.636. The molecule has 0 bridgehead atoms. The lowest BCUT2D eigenvalue weighted by Crippen LogP contribution is -2.50. The lowest BCUT2D eigenvalue weighted by atomic mass is 10.2. The van der Waals surface area contributed by atoms with Crippen molar-refractivity contribution < 1.29 is 14.4 Å². The van der Waals surface area contributed by atoms with Crippen LogP contribution in [0.15, 0.2) is 11.6 Å². The maximum atomic E-state index is 12.2. The van der Waals surface area contributed by atoms with E-state index >= 15 is 0 Å². The Hall–Kier alpha value is -1.69. The quantitative estimate of drug-likeness (QED) is 0.552. The van der Waals surface area contributed by atoms with Crippen LogP contribution in [0.4, 0.5) is 0 Å². The Morgan fingerprint density at radius 2 is 1.64 bits per heavy atom. The summed E-state index contributed by atoms with van der Waals surface area (Å²) < 4.78 is 0. The van der Waals surface area contributed by atoms with E-state index in [9.17, 15) is 14.4 Å². The van der Waals surface area contributed by atoms with Gasteiger partial charge in [0.05, 0.1) is 0 Å². The van der Waals surface area contributed by atoms with Gasteiger partial charge in [-0.3, -0.25) is 24.2 Å². The average molecular weight is 307 g/mol. The van der Waals surface area contributed by atoms with Gasteiger partial charge in [-0.15, -0.1) is 0 Å².